The molecule has 0 radical (unpaired) electrons. The second kappa shape index (κ2) is 3.81. The lowest BCUT2D eigenvalue weighted by atomic mass is 10.1. The molecule has 0 amide bonds. The topological polar surface area (TPSA) is 48.3 Å². The summed E-state index contributed by atoms with van der Waals surface area (Å²) < 4.78 is 6.45. The normalized spacial score (nSPS) is 10.4. The van der Waals surface area contributed by atoms with Crippen LogP contribution in [0.25, 0.3) is 10.9 Å². The van der Waals surface area contributed by atoms with Crippen LogP contribution in [-0.4, -0.2) is 23.9 Å². The minimum absolute atomic E-state index is 0.379. The van der Waals surface area contributed by atoms with Crippen molar-refractivity contribution < 1.29 is 14.3 Å². The number of aryl methyl sites for hydroxylation is 1. The average Bonchev–Trinajstić information content (AvgIpc) is 2.64. The number of esters is 1. The van der Waals surface area contributed by atoms with Gasteiger partial charge in [-0.1, -0.05) is 6.07 Å². The number of benzene rings is 1. The van der Waals surface area contributed by atoms with E-state index in [1.807, 2.05) is 11.6 Å². The second-order valence-corrected chi connectivity index (χ2v) is 3.54. The van der Waals surface area contributed by atoms with Gasteiger partial charge in [0.05, 0.1) is 12.7 Å². The molecule has 0 aliphatic heterocycles. The summed E-state index contributed by atoms with van der Waals surface area (Å²) in [6, 6.07) is 5.13. The molecule has 0 spiro atoms. The van der Waals surface area contributed by atoms with Crippen LogP contribution in [-0.2, 0) is 11.8 Å². The smallest absolute Gasteiger partial charge is 0.337 e. The highest BCUT2D eigenvalue weighted by Gasteiger charge is 2.10. The molecular formula is C12H11NO3. The zero-order valence-electron chi connectivity index (χ0n) is 9.06. The molecule has 0 saturated heterocycles. The zero-order chi connectivity index (χ0) is 11.7. The molecule has 1 aromatic carbocycles. The van der Waals surface area contributed by atoms with Gasteiger partial charge in [-0.15, -0.1) is 0 Å². The van der Waals surface area contributed by atoms with Crippen LogP contribution >= 0.6 is 0 Å². The van der Waals surface area contributed by atoms with Gasteiger partial charge in [0.15, 0.2) is 6.29 Å². The Hall–Kier alpha value is -2.10. The molecule has 0 atom stereocenters. The number of aldehydes is 1. The molecule has 0 saturated carbocycles. The van der Waals surface area contributed by atoms with Crippen molar-refractivity contribution in [1.29, 1.82) is 0 Å². The maximum Gasteiger partial charge on any atom is 0.337 e. The Balaban J connectivity index is 2.67. The third kappa shape index (κ3) is 1.48. The highest BCUT2D eigenvalue weighted by molar-refractivity contribution is 6.01. The van der Waals surface area contributed by atoms with Crippen LogP contribution in [0.5, 0.6) is 0 Å². The third-order valence-electron chi connectivity index (χ3n) is 2.57. The van der Waals surface area contributed by atoms with Crippen molar-refractivity contribution in [2.24, 2.45) is 7.05 Å². The third-order valence-corrected chi connectivity index (χ3v) is 2.57. The van der Waals surface area contributed by atoms with Crippen molar-refractivity contribution in [1.82, 2.24) is 4.57 Å². The Labute approximate surface area is 92.4 Å². The second-order valence-electron chi connectivity index (χ2n) is 3.54. The molecule has 0 bridgehead atoms. The van der Waals surface area contributed by atoms with Gasteiger partial charge in [0.25, 0.3) is 0 Å². The number of aromatic nitrogens is 1. The van der Waals surface area contributed by atoms with Crippen LogP contribution in [0.1, 0.15) is 20.7 Å². The molecule has 4 heteroatoms. The van der Waals surface area contributed by atoms with Gasteiger partial charge in [0.2, 0.25) is 0 Å². The number of rotatable bonds is 2. The Morgan fingerprint density at radius 1 is 1.44 bits per heavy atom. The summed E-state index contributed by atoms with van der Waals surface area (Å²) in [6.07, 6.45) is 2.54. The summed E-state index contributed by atoms with van der Waals surface area (Å²) >= 11 is 0. The molecule has 0 fully saturated rings. The molecule has 0 unspecified atom stereocenters. The minimum atomic E-state index is -0.379. The molecule has 2 rings (SSSR count). The van der Waals surface area contributed by atoms with E-state index in [2.05, 4.69) is 4.74 Å². The van der Waals surface area contributed by atoms with E-state index in [1.165, 1.54) is 7.11 Å². The van der Waals surface area contributed by atoms with E-state index in [4.69, 9.17) is 0 Å². The fourth-order valence-electron chi connectivity index (χ4n) is 1.75. The van der Waals surface area contributed by atoms with Gasteiger partial charge in [-0.05, 0) is 12.1 Å². The van der Waals surface area contributed by atoms with Crippen molar-refractivity contribution in [2.75, 3.05) is 7.11 Å². The molecule has 1 heterocycles. The lowest BCUT2D eigenvalue weighted by Gasteiger charge is -2.00. The first-order chi connectivity index (χ1) is 7.67. The first kappa shape index (κ1) is 10.4. The molecule has 16 heavy (non-hydrogen) atoms. The summed E-state index contributed by atoms with van der Waals surface area (Å²) in [5.41, 5.74) is 1.94. The Morgan fingerprint density at radius 3 is 2.81 bits per heavy atom. The number of methoxy groups -OCH3 is 1. The summed E-state index contributed by atoms with van der Waals surface area (Å²) in [5.74, 6) is -0.379. The maximum atomic E-state index is 11.3. The molecule has 82 valence electrons. The van der Waals surface area contributed by atoms with E-state index in [-0.39, 0.29) is 5.97 Å². The van der Waals surface area contributed by atoms with Gasteiger partial charge in [-0.3, -0.25) is 4.79 Å². The zero-order valence-corrected chi connectivity index (χ0v) is 9.06. The number of carbonyl (C=O) groups is 2. The number of nitrogens with zero attached hydrogens (tertiary/aromatic N) is 1. The summed E-state index contributed by atoms with van der Waals surface area (Å²) in [7, 11) is 3.17. The van der Waals surface area contributed by atoms with Crippen LogP contribution in [0.2, 0.25) is 0 Å². The van der Waals surface area contributed by atoms with Crippen LogP contribution in [0.3, 0.4) is 0 Å². The first-order valence-electron chi connectivity index (χ1n) is 4.80. The molecule has 0 N–H and O–H groups in total. The van der Waals surface area contributed by atoms with Crippen LogP contribution in [0.4, 0.5) is 0 Å². The van der Waals surface area contributed by atoms with Crippen molar-refractivity contribution in [3.63, 3.8) is 0 Å². The summed E-state index contributed by atoms with van der Waals surface area (Å²) in [5, 5.41) is 0.838. The van der Waals surface area contributed by atoms with E-state index in [1.54, 1.807) is 24.4 Å². The van der Waals surface area contributed by atoms with E-state index in [0.29, 0.717) is 11.1 Å². The fraction of sp³-hybridized carbons (Fsp3) is 0.167. The highest BCUT2D eigenvalue weighted by Crippen LogP contribution is 2.21. The number of ether oxygens (including phenoxy) is 1. The van der Waals surface area contributed by atoms with E-state index >= 15 is 0 Å². The lowest BCUT2D eigenvalue weighted by molar-refractivity contribution is 0.0601. The molecule has 0 aliphatic rings. The van der Waals surface area contributed by atoms with E-state index in [0.717, 1.165) is 17.2 Å². The summed E-state index contributed by atoms with van der Waals surface area (Å²) in [6.45, 7) is 0. The van der Waals surface area contributed by atoms with Crippen LogP contribution in [0, 0.1) is 0 Å². The number of fused-ring (bicyclic) bond motifs is 1. The monoisotopic (exact) mass is 217 g/mol. The van der Waals surface area contributed by atoms with Crippen LogP contribution in [0.15, 0.2) is 24.4 Å². The van der Waals surface area contributed by atoms with Gasteiger partial charge < -0.3 is 9.30 Å². The van der Waals surface area contributed by atoms with Crippen molar-refractivity contribution in [3.05, 3.63) is 35.5 Å². The van der Waals surface area contributed by atoms with Gasteiger partial charge >= 0.3 is 5.97 Å². The van der Waals surface area contributed by atoms with Crippen LogP contribution < -0.4 is 0 Å². The molecule has 2 aromatic rings. The molecule has 1 aromatic heterocycles. The first-order valence-corrected chi connectivity index (χ1v) is 4.80. The van der Waals surface area contributed by atoms with Crippen molar-refractivity contribution >= 4 is 23.2 Å². The SMILES string of the molecule is COC(=O)c1ccc2c(C=O)cn(C)c2c1. The lowest BCUT2D eigenvalue weighted by Crippen LogP contribution is -2.00. The van der Waals surface area contributed by atoms with E-state index in [9.17, 15) is 9.59 Å². The van der Waals surface area contributed by atoms with Crippen molar-refractivity contribution in [2.45, 2.75) is 0 Å². The van der Waals surface area contributed by atoms with Gasteiger partial charge in [-0.2, -0.15) is 0 Å². The van der Waals surface area contributed by atoms with Gasteiger partial charge in [-0.25, -0.2) is 4.79 Å². The average molecular weight is 217 g/mol. The Morgan fingerprint density at radius 2 is 2.19 bits per heavy atom. The quantitative estimate of drug-likeness (QED) is 0.569. The standard InChI is InChI=1S/C12H11NO3/c1-13-6-9(7-14)10-4-3-8(5-11(10)13)12(15)16-2/h3-7H,1-2H3. The largest absolute Gasteiger partial charge is 0.465 e. The van der Waals surface area contributed by atoms with Crippen molar-refractivity contribution in [3.8, 4) is 0 Å². The predicted octanol–water partition coefficient (Wildman–Crippen LogP) is 1.78. The number of hydrogen-bond acceptors (Lipinski definition) is 3. The molecule has 4 nitrogen and oxygen atoms in total. The Bertz CT molecular complexity index is 569. The minimum Gasteiger partial charge on any atom is -0.465 e. The number of hydrogen-bond donors (Lipinski definition) is 0. The molecular weight excluding hydrogens is 206 g/mol. The summed E-state index contributed by atoms with van der Waals surface area (Å²) in [4.78, 5) is 22.1. The fourth-order valence-corrected chi connectivity index (χ4v) is 1.75. The van der Waals surface area contributed by atoms with E-state index < -0.39 is 0 Å². The Kier molecular flexibility index (Phi) is 2.48. The maximum absolute atomic E-state index is 11.3. The highest BCUT2D eigenvalue weighted by atomic mass is 16.5. The molecule has 0 aliphatic carbocycles. The van der Waals surface area contributed by atoms with Gasteiger partial charge in [0.1, 0.15) is 0 Å². The number of carbonyl (C=O) groups excluding carboxylic acids is 2. The predicted molar refractivity (Wildman–Crippen MR) is 59.6 cm³/mol. The van der Waals surface area contributed by atoms with Gasteiger partial charge in [0, 0.05) is 29.7 Å².